The van der Waals surface area contributed by atoms with Gasteiger partial charge in [-0.1, -0.05) is 6.07 Å². The molecule has 19 heavy (non-hydrogen) atoms. The van der Waals surface area contributed by atoms with E-state index in [0.717, 1.165) is 37.9 Å². The van der Waals surface area contributed by atoms with Gasteiger partial charge in [-0.15, -0.1) is 0 Å². The molecular weight excluding hydrogens is 238 g/mol. The second kappa shape index (κ2) is 4.93. The van der Waals surface area contributed by atoms with Crippen molar-refractivity contribution in [3.05, 3.63) is 30.1 Å². The molecule has 1 aromatic heterocycles. The van der Waals surface area contributed by atoms with Crippen LogP contribution >= 0.6 is 0 Å². The van der Waals surface area contributed by atoms with E-state index in [1.807, 2.05) is 30.3 Å². The maximum absolute atomic E-state index is 12.5. The van der Waals surface area contributed by atoms with E-state index in [2.05, 4.69) is 10.3 Å². The molecule has 1 spiro atoms. The van der Waals surface area contributed by atoms with Crippen LogP contribution in [0.2, 0.25) is 0 Å². The van der Waals surface area contributed by atoms with Crippen LogP contribution in [0, 0.1) is 11.3 Å². The van der Waals surface area contributed by atoms with E-state index in [1.165, 1.54) is 0 Å². The van der Waals surface area contributed by atoms with Crippen LogP contribution in [0.15, 0.2) is 24.5 Å². The minimum absolute atomic E-state index is 0.260. The Labute approximate surface area is 114 Å². The average Bonchev–Trinajstić information content (AvgIpc) is 3.13. The Morgan fingerprint density at radius 2 is 2.32 bits per heavy atom. The molecule has 1 amide bonds. The van der Waals surface area contributed by atoms with Gasteiger partial charge in [-0.3, -0.25) is 9.78 Å². The molecule has 0 aromatic carbocycles. The number of amides is 1. The van der Waals surface area contributed by atoms with E-state index in [4.69, 9.17) is 0 Å². The molecule has 1 aliphatic heterocycles. The van der Waals surface area contributed by atoms with Crippen molar-refractivity contribution in [2.75, 3.05) is 20.1 Å². The summed E-state index contributed by atoms with van der Waals surface area (Å²) in [7, 11) is 1.91. The van der Waals surface area contributed by atoms with E-state index in [1.54, 1.807) is 6.20 Å². The Morgan fingerprint density at radius 1 is 1.53 bits per heavy atom. The molecule has 2 aliphatic rings. The zero-order chi connectivity index (χ0) is 13.3. The largest absolute Gasteiger partial charge is 0.341 e. The van der Waals surface area contributed by atoms with Crippen LogP contribution in [0.3, 0.4) is 0 Å². The monoisotopic (exact) mass is 259 g/mol. The minimum Gasteiger partial charge on any atom is -0.341 e. The van der Waals surface area contributed by atoms with Gasteiger partial charge in [-0.05, 0) is 49.4 Å². The molecule has 1 unspecified atom stereocenters. The highest BCUT2D eigenvalue weighted by Crippen LogP contribution is 2.59. The highest BCUT2D eigenvalue weighted by atomic mass is 16.2. The van der Waals surface area contributed by atoms with E-state index in [0.29, 0.717) is 17.9 Å². The fraction of sp³-hybridized carbons (Fsp3) is 0.600. The normalized spacial score (nSPS) is 24.2. The van der Waals surface area contributed by atoms with Gasteiger partial charge in [-0.25, -0.2) is 0 Å². The van der Waals surface area contributed by atoms with Crippen LogP contribution in [0.25, 0.3) is 0 Å². The predicted molar refractivity (Wildman–Crippen MR) is 73.4 cm³/mol. The molecule has 4 nitrogen and oxygen atoms in total. The van der Waals surface area contributed by atoms with E-state index in [-0.39, 0.29) is 5.92 Å². The van der Waals surface area contributed by atoms with Crippen LogP contribution in [0.5, 0.6) is 0 Å². The van der Waals surface area contributed by atoms with Crippen molar-refractivity contribution >= 4 is 5.91 Å². The molecule has 2 heterocycles. The number of pyridine rings is 1. The Bertz CT molecular complexity index is 454. The smallest absolute Gasteiger partial charge is 0.226 e. The summed E-state index contributed by atoms with van der Waals surface area (Å²) in [6, 6.07) is 3.93. The molecule has 3 rings (SSSR count). The van der Waals surface area contributed by atoms with Crippen molar-refractivity contribution in [2.45, 2.75) is 25.8 Å². The fourth-order valence-electron chi connectivity index (χ4n) is 3.28. The summed E-state index contributed by atoms with van der Waals surface area (Å²) in [6.45, 7) is 2.80. The van der Waals surface area contributed by atoms with E-state index >= 15 is 0 Å². The van der Waals surface area contributed by atoms with Crippen LogP contribution in [-0.4, -0.2) is 35.9 Å². The summed E-state index contributed by atoms with van der Waals surface area (Å²) in [4.78, 5) is 18.4. The number of hydrogen-bond acceptors (Lipinski definition) is 3. The zero-order valence-corrected chi connectivity index (χ0v) is 11.4. The third-order valence-corrected chi connectivity index (χ3v) is 4.61. The summed E-state index contributed by atoms with van der Waals surface area (Å²) in [6.07, 6.45) is 6.99. The number of rotatable bonds is 3. The first-order valence-corrected chi connectivity index (χ1v) is 7.06. The number of carbonyl (C=O) groups is 1. The second-order valence-corrected chi connectivity index (χ2v) is 5.92. The highest BCUT2D eigenvalue weighted by Gasteiger charge is 2.58. The highest BCUT2D eigenvalue weighted by molar-refractivity contribution is 5.82. The number of aromatic nitrogens is 1. The second-order valence-electron chi connectivity index (χ2n) is 5.92. The van der Waals surface area contributed by atoms with Crippen LogP contribution in [0.1, 0.15) is 24.8 Å². The molecule has 1 saturated heterocycles. The van der Waals surface area contributed by atoms with E-state index < -0.39 is 0 Å². The van der Waals surface area contributed by atoms with Crippen LogP contribution < -0.4 is 5.32 Å². The summed E-state index contributed by atoms with van der Waals surface area (Å²) in [5, 5.41) is 3.38. The third-order valence-electron chi connectivity index (χ3n) is 4.61. The molecule has 1 saturated carbocycles. The molecular formula is C15H21N3O. The lowest BCUT2D eigenvalue weighted by molar-refractivity contribution is -0.132. The molecule has 0 bridgehead atoms. The van der Waals surface area contributed by atoms with Gasteiger partial charge in [-0.2, -0.15) is 0 Å². The molecule has 1 N–H and O–H groups in total. The van der Waals surface area contributed by atoms with Gasteiger partial charge >= 0.3 is 0 Å². The fourth-order valence-corrected chi connectivity index (χ4v) is 3.28. The van der Waals surface area contributed by atoms with Crippen molar-refractivity contribution in [3.8, 4) is 0 Å². The lowest BCUT2D eigenvalue weighted by Crippen LogP contribution is -2.34. The quantitative estimate of drug-likeness (QED) is 0.893. The summed E-state index contributed by atoms with van der Waals surface area (Å²) in [5.41, 5.74) is 1.42. The van der Waals surface area contributed by atoms with Crippen molar-refractivity contribution in [2.24, 2.45) is 11.3 Å². The maximum atomic E-state index is 12.5. The summed E-state index contributed by atoms with van der Waals surface area (Å²) < 4.78 is 0. The number of piperidine rings is 1. The molecule has 4 heteroatoms. The Morgan fingerprint density at radius 3 is 3.00 bits per heavy atom. The first-order chi connectivity index (χ1) is 9.21. The van der Waals surface area contributed by atoms with Crippen LogP contribution in [-0.2, 0) is 11.3 Å². The maximum Gasteiger partial charge on any atom is 0.226 e. The standard InChI is InChI=1S/C15H21N3O/c1-18(11-12-3-2-6-17-10-12)14(19)13-9-15(13)4-7-16-8-5-15/h2-3,6,10,13,16H,4-5,7-9,11H2,1H3. The predicted octanol–water partition coefficient (Wildman–Crippen LogP) is 1.43. The third kappa shape index (κ3) is 2.50. The van der Waals surface area contributed by atoms with Gasteiger partial charge in [0.05, 0.1) is 0 Å². The minimum atomic E-state index is 0.260. The van der Waals surface area contributed by atoms with Gasteiger partial charge in [0.25, 0.3) is 0 Å². The average molecular weight is 259 g/mol. The SMILES string of the molecule is CN(Cc1cccnc1)C(=O)C1CC12CCNCC2. The molecule has 0 radical (unpaired) electrons. The summed E-state index contributed by atoms with van der Waals surface area (Å²) >= 11 is 0. The number of hydrogen-bond donors (Lipinski definition) is 1. The number of nitrogens with zero attached hydrogens (tertiary/aromatic N) is 2. The number of carbonyl (C=O) groups excluding carboxylic acids is 1. The van der Waals surface area contributed by atoms with Crippen molar-refractivity contribution in [1.29, 1.82) is 0 Å². The van der Waals surface area contributed by atoms with Gasteiger partial charge < -0.3 is 10.2 Å². The Balaban J connectivity index is 1.59. The summed E-state index contributed by atoms with van der Waals surface area (Å²) in [5.74, 6) is 0.571. The first kappa shape index (κ1) is 12.6. The van der Waals surface area contributed by atoms with Gasteiger partial charge in [0.2, 0.25) is 5.91 Å². The number of nitrogens with one attached hydrogen (secondary N) is 1. The first-order valence-electron chi connectivity index (χ1n) is 7.06. The van der Waals surface area contributed by atoms with Gasteiger partial charge in [0, 0.05) is 31.9 Å². The Kier molecular flexibility index (Phi) is 3.27. The van der Waals surface area contributed by atoms with Gasteiger partial charge in [0.1, 0.15) is 0 Å². The van der Waals surface area contributed by atoms with Crippen molar-refractivity contribution < 1.29 is 4.79 Å². The zero-order valence-electron chi connectivity index (χ0n) is 11.4. The van der Waals surface area contributed by atoms with Crippen molar-refractivity contribution in [1.82, 2.24) is 15.2 Å². The van der Waals surface area contributed by atoms with E-state index in [9.17, 15) is 4.79 Å². The van der Waals surface area contributed by atoms with Crippen molar-refractivity contribution in [3.63, 3.8) is 0 Å². The molecule has 1 atom stereocenters. The molecule has 1 aliphatic carbocycles. The Hall–Kier alpha value is -1.42. The topological polar surface area (TPSA) is 45.2 Å². The lowest BCUT2D eigenvalue weighted by atomic mass is 9.91. The molecule has 102 valence electrons. The molecule has 2 fully saturated rings. The molecule has 1 aromatic rings. The van der Waals surface area contributed by atoms with Gasteiger partial charge in [0.15, 0.2) is 0 Å². The van der Waals surface area contributed by atoms with Crippen LogP contribution in [0.4, 0.5) is 0 Å². The lowest BCUT2D eigenvalue weighted by Gasteiger charge is -2.25.